The lowest BCUT2D eigenvalue weighted by atomic mass is 10.0. The topological polar surface area (TPSA) is 237 Å². The van der Waals surface area contributed by atoms with Gasteiger partial charge in [-0.05, 0) is 12.3 Å². The Balaban J connectivity index is 3.03. The molecule has 4 unspecified atom stereocenters. The molecular formula is C19H30N6O8. The molecule has 1 heterocycles. The van der Waals surface area contributed by atoms with Crippen LogP contribution in [0.4, 0.5) is 0 Å². The average molecular weight is 470 g/mol. The number of aromatic amines is 1. The summed E-state index contributed by atoms with van der Waals surface area (Å²) in [5, 5.41) is 34.0. The van der Waals surface area contributed by atoms with Crippen molar-refractivity contribution < 1.29 is 39.3 Å². The zero-order valence-electron chi connectivity index (χ0n) is 18.3. The lowest BCUT2D eigenvalue weighted by Crippen LogP contribution is -2.58. The van der Waals surface area contributed by atoms with Crippen molar-refractivity contribution in [1.82, 2.24) is 25.9 Å². The number of aliphatic hydroxyl groups excluding tert-OH is 1. The van der Waals surface area contributed by atoms with Crippen molar-refractivity contribution in [3.8, 4) is 0 Å². The van der Waals surface area contributed by atoms with Crippen LogP contribution in [0.25, 0.3) is 0 Å². The Bertz CT molecular complexity index is 828. The Hall–Kier alpha value is -3.52. The smallest absolute Gasteiger partial charge is 0.328 e. The third-order valence-electron chi connectivity index (χ3n) is 4.48. The first kappa shape index (κ1) is 27.5. The maximum atomic E-state index is 13.0. The van der Waals surface area contributed by atoms with E-state index in [2.05, 4.69) is 25.9 Å². The molecule has 14 heteroatoms. The fourth-order valence-corrected chi connectivity index (χ4v) is 2.82. The molecule has 33 heavy (non-hydrogen) atoms. The van der Waals surface area contributed by atoms with E-state index in [1.807, 2.05) is 0 Å². The molecule has 9 N–H and O–H groups in total. The number of amides is 3. The van der Waals surface area contributed by atoms with Gasteiger partial charge in [-0.3, -0.25) is 19.2 Å². The number of hydrogen-bond donors (Lipinski definition) is 8. The van der Waals surface area contributed by atoms with Crippen molar-refractivity contribution >= 4 is 29.7 Å². The third kappa shape index (κ3) is 9.65. The monoisotopic (exact) mass is 470 g/mol. The summed E-state index contributed by atoms with van der Waals surface area (Å²) >= 11 is 0. The molecule has 0 aliphatic carbocycles. The number of carboxylic acid groups (broad SMARTS) is 2. The predicted octanol–water partition coefficient (Wildman–Crippen LogP) is -2.67. The van der Waals surface area contributed by atoms with Gasteiger partial charge in [-0.2, -0.15) is 0 Å². The Morgan fingerprint density at radius 3 is 2.06 bits per heavy atom. The highest BCUT2D eigenvalue weighted by Gasteiger charge is 2.31. The van der Waals surface area contributed by atoms with Crippen molar-refractivity contribution in [2.75, 3.05) is 6.61 Å². The highest BCUT2D eigenvalue weighted by Crippen LogP contribution is 2.08. The van der Waals surface area contributed by atoms with Gasteiger partial charge in [0.05, 0.1) is 25.4 Å². The number of hydrogen-bond acceptors (Lipinski definition) is 8. The summed E-state index contributed by atoms with van der Waals surface area (Å²) in [5.41, 5.74) is 6.04. The second-order valence-electron chi connectivity index (χ2n) is 7.82. The van der Waals surface area contributed by atoms with Crippen molar-refractivity contribution in [1.29, 1.82) is 0 Å². The highest BCUT2D eigenvalue weighted by atomic mass is 16.4. The van der Waals surface area contributed by atoms with E-state index in [1.165, 1.54) is 12.5 Å². The molecule has 1 aromatic heterocycles. The maximum Gasteiger partial charge on any atom is 0.328 e. The molecule has 0 fully saturated rings. The molecule has 0 saturated heterocycles. The largest absolute Gasteiger partial charge is 0.481 e. The predicted molar refractivity (Wildman–Crippen MR) is 112 cm³/mol. The summed E-state index contributed by atoms with van der Waals surface area (Å²) in [7, 11) is 0. The lowest BCUT2D eigenvalue weighted by molar-refractivity contribution is -0.143. The van der Waals surface area contributed by atoms with Crippen LogP contribution in [0.5, 0.6) is 0 Å². The number of rotatable bonds is 14. The Kier molecular flexibility index (Phi) is 10.9. The number of nitrogens with two attached hydrogens (primary N) is 1. The second-order valence-corrected chi connectivity index (χ2v) is 7.82. The van der Waals surface area contributed by atoms with Crippen molar-refractivity contribution in [2.24, 2.45) is 11.7 Å². The highest BCUT2D eigenvalue weighted by molar-refractivity contribution is 5.94. The molecule has 0 aromatic carbocycles. The number of aliphatic carboxylic acids is 2. The summed E-state index contributed by atoms with van der Waals surface area (Å²) in [4.78, 5) is 66.4. The van der Waals surface area contributed by atoms with Crippen LogP contribution < -0.4 is 21.7 Å². The van der Waals surface area contributed by atoms with Crippen LogP contribution in [-0.4, -0.2) is 85.7 Å². The molecular weight excluding hydrogens is 440 g/mol. The lowest BCUT2D eigenvalue weighted by Gasteiger charge is -2.25. The molecule has 0 spiro atoms. The number of nitrogens with one attached hydrogen (secondary N) is 4. The van der Waals surface area contributed by atoms with E-state index in [0.29, 0.717) is 5.69 Å². The van der Waals surface area contributed by atoms with Crippen molar-refractivity contribution in [2.45, 2.75) is 57.3 Å². The number of H-pyrrole nitrogens is 1. The van der Waals surface area contributed by atoms with Crippen LogP contribution in [0, 0.1) is 5.92 Å². The molecule has 0 aliphatic heterocycles. The standard InChI is InChI=1S/C19H30N6O8/c1-9(2)3-12(17(30)25-14(7-26)19(32)33)24-18(31)13(4-10-6-21-8-22-10)23-16(29)11(20)5-15(27)28/h6,8-9,11-14,26H,3-5,7,20H2,1-2H3,(H,21,22)(H,23,29)(H,24,31)(H,25,30)(H,27,28)(H,32,33). The third-order valence-corrected chi connectivity index (χ3v) is 4.48. The number of nitrogens with zero attached hydrogens (tertiary/aromatic N) is 1. The van der Waals surface area contributed by atoms with Crippen molar-refractivity contribution in [3.63, 3.8) is 0 Å². The van der Waals surface area contributed by atoms with Crippen LogP contribution in [0.1, 0.15) is 32.4 Å². The zero-order chi connectivity index (χ0) is 25.1. The molecule has 3 amide bonds. The van der Waals surface area contributed by atoms with Crippen LogP contribution in [0.2, 0.25) is 0 Å². The Morgan fingerprint density at radius 1 is 1.00 bits per heavy atom. The second kappa shape index (κ2) is 13.1. The minimum atomic E-state index is -1.56. The van der Waals surface area contributed by atoms with Crippen LogP contribution in [-0.2, 0) is 30.4 Å². The van der Waals surface area contributed by atoms with E-state index >= 15 is 0 Å². The summed E-state index contributed by atoms with van der Waals surface area (Å²) in [6, 6.07) is -5.37. The van der Waals surface area contributed by atoms with Crippen LogP contribution in [0.3, 0.4) is 0 Å². The van der Waals surface area contributed by atoms with Gasteiger partial charge in [0.15, 0.2) is 0 Å². The molecule has 1 aromatic rings. The Labute approximate surface area is 189 Å². The van der Waals surface area contributed by atoms with E-state index in [1.54, 1.807) is 13.8 Å². The zero-order valence-corrected chi connectivity index (χ0v) is 18.3. The number of aliphatic hydroxyl groups is 1. The molecule has 0 saturated carbocycles. The summed E-state index contributed by atoms with van der Waals surface area (Å²) in [6.07, 6.45) is 2.19. The quantitative estimate of drug-likeness (QED) is 0.140. The van der Waals surface area contributed by atoms with E-state index < -0.39 is 66.9 Å². The first-order valence-corrected chi connectivity index (χ1v) is 10.1. The van der Waals surface area contributed by atoms with Gasteiger partial charge in [-0.25, -0.2) is 9.78 Å². The fourth-order valence-electron chi connectivity index (χ4n) is 2.82. The molecule has 1 rings (SSSR count). The van der Waals surface area contributed by atoms with E-state index in [4.69, 9.17) is 21.1 Å². The number of aromatic nitrogens is 2. The van der Waals surface area contributed by atoms with E-state index in [9.17, 15) is 24.0 Å². The van der Waals surface area contributed by atoms with Crippen LogP contribution in [0.15, 0.2) is 12.5 Å². The maximum absolute atomic E-state index is 13.0. The first-order valence-electron chi connectivity index (χ1n) is 10.1. The number of carbonyl (C=O) groups excluding carboxylic acids is 3. The first-order chi connectivity index (χ1) is 15.4. The summed E-state index contributed by atoms with van der Waals surface area (Å²) < 4.78 is 0. The fraction of sp³-hybridized carbons (Fsp3) is 0.579. The van der Waals surface area contributed by atoms with Crippen molar-refractivity contribution in [3.05, 3.63) is 18.2 Å². The summed E-state index contributed by atoms with van der Waals surface area (Å²) in [6.45, 7) is 2.72. The van der Waals surface area contributed by atoms with Gasteiger partial charge in [-0.15, -0.1) is 0 Å². The van der Waals surface area contributed by atoms with Gasteiger partial charge in [0.25, 0.3) is 0 Å². The average Bonchev–Trinajstić information content (AvgIpc) is 3.22. The van der Waals surface area contributed by atoms with E-state index in [-0.39, 0.29) is 18.8 Å². The molecule has 184 valence electrons. The molecule has 0 radical (unpaired) electrons. The van der Waals surface area contributed by atoms with E-state index in [0.717, 1.165) is 0 Å². The number of carboxylic acids is 2. The number of imidazole rings is 1. The van der Waals surface area contributed by atoms with Gasteiger partial charge >= 0.3 is 11.9 Å². The van der Waals surface area contributed by atoms with Gasteiger partial charge in [0.1, 0.15) is 18.1 Å². The van der Waals surface area contributed by atoms with Crippen LogP contribution >= 0.6 is 0 Å². The van der Waals surface area contributed by atoms with Gasteiger partial charge in [-0.1, -0.05) is 13.8 Å². The van der Waals surface area contributed by atoms with Gasteiger partial charge in [0, 0.05) is 18.3 Å². The number of carbonyl (C=O) groups is 5. The van der Waals surface area contributed by atoms with Gasteiger partial charge in [0.2, 0.25) is 17.7 Å². The minimum Gasteiger partial charge on any atom is -0.481 e. The van der Waals surface area contributed by atoms with Gasteiger partial charge < -0.3 is 42.0 Å². The molecule has 14 nitrogen and oxygen atoms in total. The Morgan fingerprint density at radius 2 is 1.58 bits per heavy atom. The summed E-state index contributed by atoms with van der Waals surface area (Å²) in [5.74, 6) is -5.31. The minimum absolute atomic E-state index is 0.0677. The molecule has 0 bridgehead atoms. The SMILES string of the molecule is CC(C)CC(NC(=O)C(Cc1cnc[nH]1)NC(=O)C(N)CC(=O)O)C(=O)NC(CO)C(=O)O. The normalized spacial score (nSPS) is 14.6. The molecule has 4 atom stereocenters. The molecule has 0 aliphatic rings.